The standard InChI is InChI=1S/C26H27NO4/c1-30-26(29)19-31-23-14-8-9-20(17-23)18-25(28)27-16-15-24(21-10-4-2-5-11-21)22-12-6-3-7-13-22/h2-14,17,24H,15-16,18-19H2,1H3,(H,27,28). The van der Waals surface area contributed by atoms with Gasteiger partial charge in [-0.3, -0.25) is 4.79 Å². The van der Waals surface area contributed by atoms with Crippen molar-refractivity contribution in [1.29, 1.82) is 0 Å². The third-order valence-electron chi connectivity index (χ3n) is 5.01. The van der Waals surface area contributed by atoms with Crippen molar-refractivity contribution in [3.8, 4) is 5.75 Å². The first-order chi connectivity index (χ1) is 15.2. The normalized spacial score (nSPS) is 10.5. The summed E-state index contributed by atoms with van der Waals surface area (Å²) in [5, 5.41) is 3.03. The van der Waals surface area contributed by atoms with Crippen LogP contribution in [0.3, 0.4) is 0 Å². The average molecular weight is 418 g/mol. The summed E-state index contributed by atoms with van der Waals surface area (Å²) in [6.45, 7) is 0.415. The van der Waals surface area contributed by atoms with Gasteiger partial charge in [0.05, 0.1) is 13.5 Å². The highest BCUT2D eigenvalue weighted by molar-refractivity contribution is 5.78. The lowest BCUT2D eigenvalue weighted by Gasteiger charge is -2.18. The van der Waals surface area contributed by atoms with Crippen molar-refractivity contribution in [3.63, 3.8) is 0 Å². The van der Waals surface area contributed by atoms with Crippen molar-refractivity contribution < 1.29 is 19.1 Å². The van der Waals surface area contributed by atoms with Crippen LogP contribution >= 0.6 is 0 Å². The number of rotatable bonds is 10. The molecule has 0 aromatic heterocycles. The van der Waals surface area contributed by atoms with Crippen LogP contribution in [0.25, 0.3) is 0 Å². The first kappa shape index (κ1) is 22.1. The predicted molar refractivity (Wildman–Crippen MR) is 120 cm³/mol. The molecule has 3 aromatic rings. The van der Waals surface area contributed by atoms with E-state index in [2.05, 4.69) is 34.3 Å². The second kappa shape index (κ2) is 11.6. The van der Waals surface area contributed by atoms with Gasteiger partial charge >= 0.3 is 5.97 Å². The number of hydrogen-bond acceptors (Lipinski definition) is 4. The summed E-state index contributed by atoms with van der Waals surface area (Å²) in [6.07, 6.45) is 1.05. The molecule has 0 heterocycles. The number of hydrogen-bond donors (Lipinski definition) is 1. The molecule has 0 aliphatic heterocycles. The van der Waals surface area contributed by atoms with E-state index in [-0.39, 0.29) is 24.9 Å². The Hall–Kier alpha value is -3.60. The largest absolute Gasteiger partial charge is 0.482 e. The Bertz CT molecular complexity index is 933. The minimum Gasteiger partial charge on any atom is -0.482 e. The summed E-state index contributed by atoms with van der Waals surface area (Å²) in [4.78, 5) is 23.7. The highest BCUT2D eigenvalue weighted by atomic mass is 16.6. The molecule has 0 fully saturated rings. The molecule has 160 valence electrons. The third kappa shape index (κ3) is 7.00. The molecule has 3 aromatic carbocycles. The number of carbonyl (C=O) groups is 2. The van der Waals surface area contributed by atoms with Gasteiger partial charge in [0, 0.05) is 12.5 Å². The van der Waals surface area contributed by atoms with Crippen molar-refractivity contribution >= 4 is 11.9 Å². The lowest BCUT2D eigenvalue weighted by molar-refractivity contribution is -0.142. The Labute approximate surface area is 183 Å². The number of amides is 1. The Morgan fingerprint density at radius 2 is 1.52 bits per heavy atom. The predicted octanol–water partition coefficient (Wildman–Crippen LogP) is 4.12. The van der Waals surface area contributed by atoms with E-state index in [1.54, 1.807) is 18.2 Å². The molecule has 1 N–H and O–H groups in total. The van der Waals surface area contributed by atoms with Gasteiger partial charge in [-0.25, -0.2) is 4.79 Å². The van der Waals surface area contributed by atoms with Crippen molar-refractivity contribution in [2.24, 2.45) is 0 Å². The van der Waals surface area contributed by atoms with Crippen LogP contribution in [0, 0.1) is 0 Å². The first-order valence-corrected chi connectivity index (χ1v) is 10.3. The van der Waals surface area contributed by atoms with Crippen LogP contribution < -0.4 is 10.1 Å². The second-order valence-electron chi connectivity index (χ2n) is 7.20. The number of benzene rings is 3. The molecule has 0 atom stereocenters. The van der Waals surface area contributed by atoms with Crippen LogP contribution in [-0.4, -0.2) is 32.1 Å². The van der Waals surface area contributed by atoms with Crippen LogP contribution in [0.1, 0.15) is 29.0 Å². The summed E-state index contributed by atoms with van der Waals surface area (Å²) < 4.78 is 9.95. The summed E-state index contributed by atoms with van der Waals surface area (Å²) >= 11 is 0. The molecule has 0 saturated carbocycles. The van der Waals surface area contributed by atoms with Crippen molar-refractivity contribution in [2.75, 3.05) is 20.3 Å². The van der Waals surface area contributed by atoms with Crippen LogP contribution in [0.2, 0.25) is 0 Å². The van der Waals surface area contributed by atoms with Crippen molar-refractivity contribution in [2.45, 2.75) is 18.8 Å². The first-order valence-electron chi connectivity index (χ1n) is 10.3. The maximum atomic E-state index is 12.5. The Kier molecular flexibility index (Phi) is 8.23. The Morgan fingerprint density at radius 1 is 0.871 bits per heavy atom. The summed E-state index contributed by atoms with van der Waals surface area (Å²) in [5.41, 5.74) is 3.29. The lowest BCUT2D eigenvalue weighted by Crippen LogP contribution is -2.27. The minimum absolute atomic E-state index is 0.0509. The van der Waals surface area contributed by atoms with Gasteiger partial charge in [0.1, 0.15) is 5.75 Å². The topological polar surface area (TPSA) is 64.6 Å². The number of methoxy groups -OCH3 is 1. The maximum absolute atomic E-state index is 12.5. The Balaban J connectivity index is 1.54. The fraction of sp³-hybridized carbons (Fsp3) is 0.231. The minimum atomic E-state index is -0.450. The fourth-order valence-corrected chi connectivity index (χ4v) is 3.45. The number of ether oxygens (including phenoxy) is 2. The summed E-state index contributed by atoms with van der Waals surface area (Å²) in [7, 11) is 1.31. The van der Waals surface area contributed by atoms with Gasteiger partial charge in [-0.05, 0) is 35.2 Å². The zero-order valence-corrected chi connectivity index (χ0v) is 17.6. The van der Waals surface area contributed by atoms with E-state index in [1.165, 1.54) is 18.2 Å². The second-order valence-corrected chi connectivity index (χ2v) is 7.20. The van der Waals surface area contributed by atoms with E-state index >= 15 is 0 Å². The third-order valence-corrected chi connectivity index (χ3v) is 5.01. The van der Waals surface area contributed by atoms with Crippen LogP contribution in [-0.2, 0) is 20.7 Å². The van der Waals surface area contributed by atoms with Crippen LogP contribution in [0.15, 0.2) is 84.9 Å². The molecular formula is C26H27NO4. The van der Waals surface area contributed by atoms with Crippen LogP contribution in [0.4, 0.5) is 0 Å². The van der Waals surface area contributed by atoms with E-state index in [4.69, 9.17) is 4.74 Å². The molecule has 0 aliphatic carbocycles. The van der Waals surface area contributed by atoms with E-state index in [1.807, 2.05) is 42.5 Å². The van der Waals surface area contributed by atoms with Gasteiger partial charge in [0.15, 0.2) is 6.61 Å². The molecule has 0 bridgehead atoms. The van der Waals surface area contributed by atoms with Crippen LogP contribution in [0.5, 0.6) is 5.75 Å². The molecular weight excluding hydrogens is 390 g/mol. The number of esters is 1. The van der Waals surface area contributed by atoms with Crippen molar-refractivity contribution in [1.82, 2.24) is 5.32 Å². The summed E-state index contributed by atoms with van der Waals surface area (Å²) in [6, 6.07) is 27.9. The van der Waals surface area contributed by atoms with Crippen molar-refractivity contribution in [3.05, 3.63) is 102 Å². The molecule has 31 heavy (non-hydrogen) atoms. The highest BCUT2D eigenvalue weighted by Crippen LogP contribution is 2.27. The fourth-order valence-electron chi connectivity index (χ4n) is 3.45. The van der Waals surface area contributed by atoms with Gasteiger partial charge in [0.25, 0.3) is 0 Å². The highest BCUT2D eigenvalue weighted by Gasteiger charge is 2.14. The molecule has 0 aliphatic rings. The number of nitrogens with one attached hydrogen (secondary N) is 1. The zero-order valence-electron chi connectivity index (χ0n) is 17.6. The quantitative estimate of drug-likeness (QED) is 0.504. The van der Waals surface area contributed by atoms with Gasteiger partial charge in [-0.15, -0.1) is 0 Å². The monoisotopic (exact) mass is 417 g/mol. The zero-order chi connectivity index (χ0) is 21.9. The molecule has 3 rings (SSSR count). The van der Waals surface area contributed by atoms with E-state index < -0.39 is 5.97 Å². The van der Waals surface area contributed by atoms with E-state index in [9.17, 15) is 9.59 Å². The summed E-state index contributed by atoms with van der Waals surface area (Å²) in [5.74, 6) is 0.251. The van der Waals surface area contributed by atoms with E-state index in [0.717, 1.165) is 12.0 Å². The lowest BCUT2D eigenvalue weighted by atomic mass is 9.88. The van der Waals surface area contributed by atoms with Gasteiger partial charge in [0.2, 0.25) is 5.91 Å². The molecule has 0 unspecified atom stereocenters. The maximum Gasteiger partial charge on any atom is 0.343 e. The van der Waals surface area contributed by atoms with Gasteiger partial charge < -0.3 is 14.8 Å². The SMILES string of the molecule is COC(=O)COc1cccc(CC(=O)NCCC(c2ccccc2)c2ccccc2)c1. The van der Waals surface area contributed by atoms with Gasteiger partial charge in [-0.2, -0.15) is 0 Å². The molecule has 0 saturated heterocycles. The van der Waals surface area contributed by atoms with E-state index in [0.29, 0.717) is 12.3 Å². The molecule has 1 amide bonds. The molecule has 5 nitrogen and oxygen atoms in total. The molecule has 5 heteroatoms. The molecule has 0 spiro atoms. The average Bonchev–Trinajstić information content (AvgIpc) is 2.81. The number of carbonyl (C=O) groups excluding carboxylic acids is 2. The Morgan fingerprint density at radius 3 is 2.13 bits per heavy atom. The smallest absolute Gasteiger partial charge is 0.343 e. The van der Waals surface area contributed by atoms with Gasteiger partial charge in [-0.1, -0.05) is 72.8 Å². The molecule has 0 radical (unpaired) electrons.